The van der Waals surface area contributed by atoms with Gasteiger partial charge in [0.2, 0.25) is 0 Å². The van der Waals surface area contributed by atoms with Crippen molar-refractivity contribution in [2.75, 3.05) is 13.1 Å². The Bertz CT molecular complexity index is 209. The Hall–Kier alpha value is -0.0800. The molecule has 1 aliphatic carbocycles. The van der Waals surface area contributed by atoms with Crippen LogP contribution in [0, 0.1) is 17.8 Å². The summed E-state index contributed by atoms with van der Waals surface area (Å²) >= 11 is 0. The van der Waals surface area contributed by atoms with Crippen LogP contribution in [-0.4, -0.2) is 30.1 Å². The van der Waals surface area contributed by atoms with E-state index in [-0.39, 0.29) is 0 Å². The van der Waals surface area contributed by atoms with Crippen molar-refractivity contribution >= 4 is 0 Å². The minimum atomic E-state index is 0.409. The summed E-state index contributed by atoms with van der Waals surface area (Å²) in [6.07, 6.45) is 5.32. The van der Waals surface area contributed by atoms with E-state index in [4.69, 9.17) is 5.73 Å². The van der Waals surface area contributed by atoms with Gasteiger partial charge < -0.3 is 5.73 Å². The highest BCUT2D eigenvalue weighted by molar-refractivity contribution is 4.93. The number of likely N-dealkylation sites (tertiary alicyclic amines) is 1. The number of rotatable bonds is 1. The largest absolute Gasteiger partial charge is 0.326 e. The predicted octanol–water partition coefficient (Wildman–Crippen LogP) is 2.48. The molecule has 0 radical (unpaired) electrons. The van der Waals surface area contributed by atoms with Crippen molar-refractivity contribution < 1.29 is 0 Å². The lowest BCUT2D eigenvalue weighted by atomic mass is 9.75. The molecule has 2 heteroatoms. The van der Waals surface area contributed by atoms with Crippen molar-refractivity contribution in [1.29, 1.82) is 0 Å². The normalized spacial score (nSPS) is 43.5. The first-order valence-electron chi connectivity index (χ1n) is 7.07. The average Bonchev–Trinajstić information content (AvgIpc) is 2.19. The zero-order valence-electron chi connectivity index (χ0n) is 11.2. The van der Waals surface area contributed by atoms with Crippen molar-refractivity contribution in [2.24, 2.45) is 23.5 Å². The van der Waals surface area contributed by atoms with E-state index in [1.807, 2.05) is 0 Å². The Balaban J connectivity index is 1.97. The maximum atomic E-state index is 6.38. The molecule has 2 aliphatic rings. The summed E-state index contributed by atoms with van der Waals surface area (Å²) in [7, 11) is 0. The minimum Gasteiger partial charge on any atom is -0.326 e. The second-order valence-electron chi connectivity index (χ2n) is 6.43. The Morgan fingerprint density at radius 1 is 0.938 bits per heavy atom. The van der Waals surface area contributed by atoms with Crippen molar-refractivity contribution in [3.05, 3.63) is 0 Å². The van der Waals surface area contributed by atoms with Gasteiger partial charge in [-0.3, -0.25) is 4.90 Å². The first kappa shape index (κ1) is 12.4. The molecule has 0 bridgehead atoms. The molecule has 1 saturated carbocycles. The van der Waals surface area contributed by atoms with Crippen LogP contribution >= 0.6 is 0 Å². The molecule has 2 fully saturated rings. The maximum Gasteiger partial charge on any atom is 0.0272 e. The molecule has 4 atom stereocenters. The molecule has 0 amide bonds. The zero-order chi connectivity index (χ0) is 11.7. The Morgan fingerprint density at radius 3 is 2.12 bits per heavy atom. The first-order chi connectivity index (χ1) is 7.58. The molecule has 1 saturated heterocycles. The number of nitrogens with two attached hydrogens (primary N) is 1. The van der Waals surface area contributed by atoms with E-state index in [9.17, 15) is 0 Å². The smallest absolute Gasteiger partial charge is 0.0272 e. The van der Waals surface area contributed by atoms with Gasteiger partial charge in [0.15, 0.2) is 0 Å². The second-order valence-corrected chi connectivity index (χ2v) is 6.43. The average molecular weight is 224 g/mol. The summed E-state index contributed by atoms with van der Waals surface area (Å²) in [5.74, 6) is 2.53. The van der Waals surface area contributed by atoms with E-state index in [0.717, 1.165) is 17.8 Å². The van der Waals surface area contributed by atoms with Crippen LogP contribution in [-0.2, 0) is 0 Å². The van der Waals surface area contributed by atoms with Crippen LogP contribution in [0.1, 0.15) is 46.5 Å². The number of hydrogen-bond donors (Lipinski definition) is 1. The second kappa shape index (κ2) is 5.05. The highest BCUT2D eigenvalue weighted by atomic mass is 15.2. The van der Waals surface area contributed by atoms with Crippen LogP contribution in [0.15, 0.2) is 0 Å². The van der Waals surface area contributed by atoms with Crippen LogP contribution in [0.3, 0.4) is 0 Å². The van der Waals surface area contributed by atoms with Gasteiger partial charge in [-0.25, -0.2) is 0 Å². The minimum absolute atomic E-state index is 0.409. The molecule has 0 spiro atoms. The number of piperidine rings is 1. The lowest BCUT2D eigenvalue weighted by Gasteiger charge is -2.46. The fourth-order valence-corrected chi connectivity index (χ4v) is 3.85. The van der Waals surface area contributed by atoms with E-state index in [1.54, 1.807) is 0 Å². The van der Waals surface area contributed by atoms with Crippen LogP contribution in [0.25, 0.3) is 0 Å². The van der Waals surface area contributed by atoms with Gasteiger partial charge in [0, 0.05) is 12.1 Å². The van der Waals surface area contributed by atoms with Gasteiger partial charge in [-0.05, 0) is 56.5 Å². The molecule has 0 aromatic carbocycles. The topological polar surface area (TPSA) is 29.3 Å². The quantitative estimate of drug-likeness (QED) is 0.741. The van der Waals surface area contributed by atoms with Gasteiger partial charge in [0.05, 0.1) is 0 Å². The van der Waals surface area contributed by atoms with E-state index in [0.29, 0.717) is 12.1 Å². The van der Waals surface area contributed by atoms with Crippen LogP contribution in [0.2, 0.25) is 0 Å². The summed E-state index contributed by atoms with van der Waals surface area (Å²) < 4.78 is 0. The van der Waals surface area contributed by atoms with Crippen molar-refractivity contribution in [1.82, 2.24) is 4.90 Å². The third-order valence-electron chi connectivity index (χ3n) is 4.71. The monoisotopic (exact) mass is 224 g/mol. The van der Waals surface area contributed by atoms with Gasteiger partial charge in [-0.15, -0.1) is 0 Å². The molecule has 2 N–H and O–H groups in total. The third-order valence-corrected chi connectivity index (χ3v) is 4.71. The van der Waals surface area contributed by atoms with Gasteiger partial charge in [-0.1, -0.05) is 20.8 Å². The highest BCUT2D eigenvalue weighted by Gasteiger charge is 2.36. The Morgan fingerprint density at radius 2 is 1.56 bits per heavy atom. The highest BCUT2D eigenvalue weighted by Crippen LogP contribution is 2.33. The standard InChI is InChI=1S/C14H28N2/c1-10-4-6-16(7-5-10)14-12(3)8-11(2)9-13(14)15/h10-14H,4-9,15H2,1-3H3. The Labute approximate surface area is 101 Å². The fourth-order valence-electron chi connectivity index (χ4n) is 3.85. The molecule has 0 aromatic rings. The van der Waals surface area contributed by atoms with Gasteiger partial charge in [0.25, 0.3) is 0 Å². The van der Waals surface area contributed by atoms with E-state index >= 15 is 0 Å². The zero-order valence-corrected chi connectivity index (χ0v) is 11.2. The lowest BCUT2D eigenvalue weighted by Crippen LogP contribution is -2.56. The van der Waals surface area contributed by atoms with Gasteiger partial charge in [0.1, 0.15) is 0 Å². The molecule has 4 unspecified atom stereocenters. The Kier molecular flexibility index (Phi) is 3.91. The molecule has 1 heterocycles. The SMILES string of the molecule is CC1CCN(C2C(C)CC(C)CC2N)CC1. The van der Waals surface area contributed by atoms with E-state index < -0.39 is 0 Å². The fraction of sp³-hybridized carbons (Fsp3) is 1.00. The molecule has 1 aliphatic heterocycles. The molecule has 0 aromatic heterocycles. The van der Waals surface area contributed by atoms with E-state index in [2.05, 4.69) is 25.7 Å². The lowest BCUT2D eigenvalue weighted by molar-refractivity contribution is 0.0498. The number of nitrogens with zero attached hydrogens (tertiary/aromatic N) is 1. The summed E-state index contributed by atoms with van der Waals surface area (Å²) in [6.45, 7) is 9.68. The molecule has 2 rings (SSSR count). The van der Waals surface area contributed by atoms with Crippen LogP contribution in [0.4, 0.5) is 0 Å². The molecular weight excluding hydrogens is 196 g/mol. The summed E-state index contributed by atoms with van der Waals surface area (Å²) in [5.41, 5.74) is 6.38. The van der Waals surface area contributed by atoms with Crippen molar-refractivity contribution in [2.45, 2.75) is 58.5 Å². The summed E-state index contributed by atoms with van der Waals surface area (Å²) in [6, 6.07) is 1.07. The van der Waals surface area contributed by atoms with E-state index in [1.165, 1.54) is 38.8 Å². The van der Waals surface area contributed by atoms with Crippen LogP contribution < -0.4 is 5.73 Å². The maximum absolute atomic E-state index is 6.38. The molecule has 16 heavy (non-hydrogen) atoms. The predicted molar refractivity (Wildman–Crippen MR) is 69.3 cm³/mol. The van der Waals surface area contributed by atoms with Crippen molar-refractivity contribution in [3.8, 4) is 0 Å². The van der Waals surface area contributed by atoms with Gasteiger partial charge in [-0.2, -0.15) is 0 Å². The first-order valence-corrected chi connectivity index (χ1v) is 7.07. The summed E-state index contributed by atoms with van der Waals surface area (Å²) in [5, 5.41) is 0. The molecule has 2 nitrogen and oxygen atoms in total. The van der Waals surface area contributed by atoms with Crippen molar-refractivity contribution in [3.63, 3.8) is 0 Å². The molecule has 94 valence electrons. The van der Waals surface area contributed by atoms with Crippen LogP contribution in [0.5, 0.6) is 0 Å². The molecular formula is C14H28N2. The van der Waals surface area contributed by atoms with Gasteiger partial charge >= 0.3 is 0 Å². The third kappa shape index (κ3) is 2.60. The number of hydrogen-bond acceptors (Lipinski definition) is 2. The summed E-state index contributed by atoms with van der Waals surface area (Å²) in [4.78, 5) is 2.68.